The summed E-state index contributed by atoms with van der Waals surface area (Å²) in [5.41, 5.74) is 10.8. The van der Waals surface area contributed by atoms with Gasteiger partial charge in [0.15, 0.2) is 0 Å². The van der Waals surface area contributed by atoms with Crippen molar-refractivity contribution in [2.45, 2.75) is 50.7 Å². The van der Waals surface area contributed by atoms with E-state index in [1.807, 2.05) is 0 Å². The standard InChI is InChI=1S/C20H34N7O8/c1-12(22)20(35)27(2)10-17(31)23-8-16(30)26-14(7-18(32)33)19(34)24-9-15(29)25-13(11-28)5-3-4-6-21/h12-14H,3-10,21-22H2,1-2H3,(H,23,31)(H,24,34)(H,25,29)(H,26,30)(H,32,33)/t12-,13-,14-/m0/s1. The average Bonchev–Trinajstić information content (AvgIpc) is 2.79. The third-order valence-corrected chi connectivity index (χ3v) is 4.47. The number of nitrogens with one attached hydrogen (secondary N) is 4. The number of amides is 5. The molecule has 3 atom stereocenters. The highest BCUT2D eigenvalue weighted by molar-refractivity contribution is 5.94. The van der Waals surface area contributed by atoms with Gasteiger partial charge in [-0.1, -0.05) is 0 Å². The van der Waals surface area contributed by atoms with E-state index in [9.17, 15) is 33.6 Å². The molecule has 0 aliphatic heterocycles. The first kappa shape index (κ1) is 31.4. The number of carboxylic acid groups (broad SMARTS) is 1. The molecule has 0 fully saturated rings. The second-order valence-corrected chi connectivity index (χ2v) is 7.72. The molecule has 0 aromatic rings. The van der Waals surface area contributed by atoms with Crippen LogP contribution >= 0.6 is 0 Å². The van der Waals surface area contributed by atoms with Crippen LogP contribution in [0.15, 0.2) is 0 Å². The van der Waals surface area contributed by atoms with Crippen LogP contribution in [0.5, 0.6) is 0 Å². The molecular formula is C20H34N7O8. The third-order valence-electron chi connectivity index (χ3n) is 4.47. The van der Waals surface area contributed by atoms with Gasteiger partial charge in [0.1, 0.15) is 6.04 Å². The smallest absolute Gasteiger partial charge is 0.305 e. The van der Waals surface area contributed by atoms with Gasteiger partial charge >= 0.3 is 5.97 Å². The normalized spacial score (nSPS) is 12.9. The highest BCUT2D eigenvalue weighted by Gasteiger charge is 2.25. The second kappa shape index (κ2) is 16.9. The number of hydrogen-bond acceptors (Lipinski definition) is 9. The van der Waals surface area contributed by atoms with Gasteiger partial charge in [0.05, 0.1) is 38.1 Å². The molecule has 0 saturated heterocycles. The van der Waals surface area contributed by atoms with E-state index in [1.54, 1.807) is 6.29 Å². The van der Waals surface area contributed by atoms with Gasteiger partial charge < -0.3 is 42.7 Å². The van der Waals surface area contributed by atoms with Crippen LogP contribution in [0.2, 0.25) is 0 Å². The fraction of sp³-hybridized carbons (Fsp3) is 0.650. The first-order valence-electron chi connectivity index (χ1n) is 10.8. The number of carbonyl (C=O) groups excluding carboxylic acids is 6. The summed E-state index contributed by atoms with van der Waals surface area (Å²) in [6, 6.07) is -3.23. The van der Waals surface area contributed by atoms with Crippen LogP contribution in [0.25, 0.3) is 0 Å². The van der Waals surface area contributed by atoms with Crippen LogP contribution < -0.4 is 32.7 Å². The Labute approximate surface area is 202 Å². The van der Waals surface area contributed by atoms with Crippen LogP contribution in [-0.4, -0.2) is 103 Å². The summed E-state index contributed by atoms with van der Waals surface area (Å²) in [5.74, 6) is -5.11. The van der Waals surface area contributed by atoms with Crippen molar-refractivity contribution in [1.29, 1.82) is 0 Å². The fourth-order valence-electron chi connectivity index (χ4n) is 2.69. The van der Waals surface area contributed by atoms with Crippen molar-refractivity contribution in [3.8, 4) is 0 Å². The minimum Gasteiger partial charge on any atom is -0.481 e. The lowest BCUT2D eigenvalue weighted by atomic mass is 10.1. The number of carbonyl (C=O) groups is 6. The molecule has 15 heteroatoms. The summed E-state index contributed by atoms with van der Waals surface area (Å²) in [6.07, 6.45) is 2.44. The maximum Gasteiger partial charge on any atom is 0.305 e. The topological polar surface area (TPSA) is 243 Å². The lowest BCUT2D eigenvalue weighted by Gasteiger charge is -2.19. The van der Waals surface area contributed by atoms with Crippen LogP contribution in [0.1, 0.15) is 32.6 Å². The van der Waals surface area contributed by atoms with Gasteiger partial charge in [0, 0.05) is 7.05 Å². The Bertz CT molecular complexity index is 775. The van der Waals surface area contributed by atoms with Crippen molar-refractivity contribution in [2.75, 3.05) is 33.2 Å². The van der Waals surface area contributed by atoms with Crippen molar-refractivity contribution >= 4 is 41.8 Å². The minimum atomic E-state index is -1.54. The van der Waals surface area contributed by atoms with Crippen LogP contribution in [0.3, 0.4) is 0 Å². The van der Waals surface area contributed by atoms with Gasteiger partial charge in [-0.15, -0.1) is 0 Å². The SMILES string of the molecule is C[C@H](N)C(=O)N(C)CC(=O)NCC(=O)N[C@@H](CC(=O)O)C(=O)NCC(=O)N[C@H]([C]=O)CCCCN. The van der Waals surface area contributed by atoms with E-state index in [2.05, 4.69) is 21.3 Å². The molecule has 0 aliphatic carbocycles. The van der Waals surface area contributed by atoms with E-state index in [0.717, 1.165) is 4.90 Å². The van der Waals surface area contributed by atoms with E-state index in [-0.39, 0.29) is 6.54 Å². The summed E-state index contributed by atoms with van der Waals surface area (Å²) in [7, 11) is 1.35. The molecule has 15 nitrogen and oxygen atoms in total. The molecule has 1 radical (unpaired) electrons. The van der Waals surface area contributed by atoms with E-state index in [1.165, 1.54) is 14.0 Å². The van der Waals surface area contributed by atoms with Gasteiger partial charge in [0.25, 0.3) is 0 Å². The molecular weight excluding hydrogens is 466 g/mol. The number of nitrogens with two attached hydrogens (primary N) is 2. The Morgan fingerprint density at radius 1 is 0.971 bits per heavy atom. The minimum absolute atomic E-state index is 0.318. The first-order chi connectivity index (χ1) is 16.4. The molecule has 0 rings (SSSR count). The number of unbranched alkanes of at least 4 members (excludes halogenated alkanes) is 1. The quantitative estimate of drug-likeness (QED) is 0.0947. The monoisotopic (exact) mass is 500 g/mol. The zero-order chi connectivity index (χ0) is 27.0. The van der Waals surface area contributed by atoms with Gasteiger partial charge in [0.2, 0.25) is 35.8 Å². The van der Waals surface area contributed by atoms with Crippen LogP contribution in [-0.2, 0) is 33.6 Å². The molecule has 197 valence electrons. The van der Waals surface area contributed by atoms with Crippen LogP contribution in [0, 0.1) is 0 Å². The highest BCUT2D eigenvalue weighted by atomic mass is 16.4. The van der Waals surface area contributed by atoms with Crippen molar-refractivity contribution in [3.63, 3.8) is 0 Å². The molecule has 35 heavy (non-hydrogen) atoms. The van der Waals surface area contributed by atoms with Gasteiger partial charge in [-0.25, -0.2) is 0 Å². The molecule has 0 saturated carbocycles. The maximum atomic E-state index is 12.3. The third kappa shape index (κ3) is 14.3. The molecule has 0 heterocycles. The predicted molar refractivity (Wildman–Crippen MR) is 122 cm³/mol. The Kier molecular flexibility index (Phi) is 15.2. The fourth-order valence-corrected chi connectivity index (χ4v) is 2.69. The Balaban J connectivity index is 4.70. The zero-order valence-corrected chi connectivity index (χ0v) is 19.8. The van der Waals surface area contributed by atoms with Crippen molar-refractivity contribution in [2.24, 2.45) is 11.5 Å². The van der Waals surface area contributed by atoms with Crippen molar-refractivity contribution in [1.82, 2.24) is 26.2 Å². The molecule has 5 amide bonds. The molecule has 0 aromatic heterocycles. The summed E-state index contributed by atoms with van der Waals surface area (Å²) in [6.45, 7) is 0.344. The van der Waals surface area contributed by atoms with Crippen molar-refractivity contribution < 1.29 is 38.7 Å². The largest absolute Gasteiger partial charge is 0.481 e. The molecule has 0 aliphatic rings. The number of hydrogen-bond donors (Lipinski definition) is 7. The highest BCUT2D eigenvalue weighted by Crippen LogP contribution is 1.98. The molecule has 9 N–H and O–H groups in total. The Morgan fingerprint density at radius 3 is 2.11 bits per heavy atom. The first-order valence-corrected chi connectivity index (χ1v) is 10.8. The predicted octanol–water partition coefficient (Wildman–Crippen LogP) is -4.29. The van der Waals surface area contributed by atoms with E-state index in [0.29, 0.717) is 25.8 Å². The number of likely N-dealkylation sites (N-methyl/N-ethyl adjacent to an activating group) is 1. The van der Waals surface area contributed by atoms with Gasteiger partial charge in [-0.3, -0.25) is 33.6 Å². The second-order valence-electron chi connectivity index (χ2n) is 7.72. The van der Waals surface area contributed by atoms with Gasteiger partial charge in [-0.2, -0.15) is 0 Å². The Hall–Kier alpha value is -3.59. The number of rotatable bonds is 17. The number of nitrogens with zero attached hydrogens (tertiary/aromatic N) is 1. The zero-order valence-electron chi connectivity index (χ0n) is 19.8. The van der Waals surface area contributed by atoms with E-state index >= 15 is 0 Å². The maximum absolute atomic E-state index is 12.3. The van der Waals surface area contributed by atoms with Crippen molar-refractivity contribution in [3.05, 3.63) is 0 Å². The summed E-state index contributed by atoms with van der Waals surface area (Å²) in [4.78, 5) is 83.0. The molecule has 0 spiro atoms. The molecule has 0 aromatic carbocycles. The number of aliphatic carboxylic acids is 1. The summed E-state index contributed by atoms with van der Waals surface area (Å²) in [5, 5.41) is 17.9. The van der Waals surface area contributed by atoms with E-state index < -0.39 is 73.1 Å². The lowest BCUT2D eigenvalue weighted by Crippen LogP contribution is -2.53. The van der Waals surface area contributed by atoms with Crippen LogP contribution in [0.4, 0.5) is 0 Å². The van der Waals surface area contributed by atoms with Gasteiger partial charge in [-0.05, 0) is 32.7 Å². The lowest BCUT2D eigenvalue weighted by molar-refractivity contribution is -0.140. The summed E-state index contributed by atoms with van der Waals surface area (Å²) < 4.78 is 0. The molecule has 0 bridgehead atoms. The molecule has 0 unspecified atom stereocenters. The Morgan fingerprint density at radius 2 is 1.57 bits per heavy atom. The number of carboxylic acids is 1. The van der Waals surface area contributed by atoms with E-state index in [4.69, 9.17) is 16.6 Å². The summed E-state index contributed by atoms with van der Waals surface area (Å²) >= 11 is 0. The average molecular weight is 501 g/mol.